The average molecular weight is 510 g/mol. The van der Waals surface area contributed by atoms with Gasteiger partial charge < -0.3 is 14.8 Å². The molecular formula is C27H31N3O5S. The van der Waals surface area contributed by atoms with Crippen molar-refractivity contribution in [1.82, 2.24) is 14.9 Å². The van der Waals surface area contributed by atoms with E-state index in [0.717, 1.165) is 12.8 Å². The number of nitrogens with one attached hydrogen (secondary N) is 1. The molecule has 1 unspecified atom stereocenters. The summed E-state index contributed by atoms with van der Waals surface area (Å²) in [6.45, 7) is 5.65. The molecule has 36 heavy (non-hydrogen) atoms. The summed E-state index contributed by atoms with van der Waals surface area (Å²) in [5.74, 6) is 0.824. The number of rotatable bonds is 10. The van der Waals surface area contributed by atoms with E-state index in [2.05, 4.69) is 5.32 Å². The van der Waals surface area contributed by atoms with Crippen LogP contribution in [0.3, 0.4) is 0 Å². The number of carbonyl (C=O) groups excluding carboxylic acids is 2. The summed E-state index contributed by atoms with van der Waals surface area (Å²) in [5, 5.41) is 3.76. The van der Waals surface area contributed by atoms with E-state index in [9.17, 15) is 14.4 Å². The molecule has 1 atom stereocenters. The number of Topliss-reactive ketones (excluding diaryl/α,β-unsaturated/α-hetero) is 1. The number of hydrogen-bond acceptors (Lipinski definition) is 7. The summed E-state index contributed by atoms with van der Waals surface area (Å²) in [6.07, 6.45) is 1.75. The molecule has 0 bridgehead atoms. The van der Waals surface area contributed by atoms with Gasteiger partial charge in [-0.3, -0.25) is 19.0 Å². The molecule has 0 radical (unpaired) electrons. The fourth-order valence-electron chi connectivity index (χ4n) is 3.99. The highest BCUT2D eigenvalue weighted by Crippen LogP contribution is 2.23. The molecule has 190 valence electrons. The Balaban J connectivity index is 1.64. The lowest BCUT2D eigenvalue weighted by Gasteiger charge is -2.17. The van der Waals surface area contributed by atoms with Crippen molar-refractivity contribution in [2.75, 3.05) is 26.0 Å². The summed E-state index contributed by atoms with van der Waals surface area (Å²) in [4.78, 5) is 43.6. The fourth-order valence-corrected chi connectivity index (χ4v) is 4.90. The predicted molar refractivity (Wildman–Crippen MR) is 140 cm³/mol. The second-order valence-electron chi connectivity index (χ2n) is 9.22. The Morgan fingerprint density at radius 1 is 1.19 bits per heavy atom. The van der Waals surface area contributed by atoms with Crippen LogP contribution in [-0.4, -0.2) is 53.4 Å². The molecule has 1 amide bonds. The molecule has 4 rings (SSSR count). The highest BCUT2D eigenvalue weighted by molar-refractivity contribution is 7.99. The maximum Gasteiger partial charge on any atom is 0.262 e. The van der Waals surface area contributed by atoms with Crippen LogP contribution in [0.2, 0.25) is 0 Å². The van der Waals surface area contributed by atoms with Crippen LogP contribution < -0.4 is 15.6 Å². The summed E-state index contributed by atoms with van der Waals surface area (Å²) < 4.78 is 12.5. The maximum atomic E-state index is 13.5. The van der Waals surface area contributed by atoms with Crippen LogP contribution in [0.25, 0.3) is 10.9 Å². The highest BCUT2D eigenvalue weighted by Gasteiger charge is 2.21. The van der Waals surface area contributed by atoms with Crippen LogP contribution in [0.15, 0.2) is 52.4 Å². The van der Waals surface area contributed by atoms with Crippen LogP contribution in [0, 0.1) is 5.92 Å². The number of carbonyl (C=O) groups is 2. The molecule has 8 nitrogen and oxygen atoms in total. The summed E-state index contributed by atoms with van der Waals surface area (Å²) in [7, 11) is 1.57. The van der Waals surface area contributed by atoms with E-state index >= 15 is 0 Å². The number of ether oxygens (including phenoxy) is 2. The summed E-state index contributed by atoms with van der Waals surface area (Å²) >= 11 is 1.22. The van der Waals surface area contributed by atoms with Crippen molar-refractivity contribution in [2.24, 2.45) is 5.92 Å². The standard InChI is InChI=1S/C27H31N3O5S/c1-17(2)14-28-25(32)19-8-11-22-23(13-19)29-27(30(26(22)33)15-21-5-4-12-35-21)36-16-24(31)18-6-9-20(34-3)10-7-18/h6-11,13,17,21H,4-5,12,14-16H2,1-3H3,(H,28,32). The summed E-state index contributed by atoms with van der Waals surface area (Å²) in [6, 6.07) is 11.9. The molecule has 1 aliphatic heterocycles. The van der Waals surface area contributed by atoms with E-state index in [1.165, 1.54) is 11.8 Å². The molecule has 1 aromatic heterocycles. The Bertz CT molecular complexity index is 1300. The first-order chi connectivity index (χ1) is 17.4. The van der Waals surface area contributed by atoms with Gasteiger partial charge in [-0.25, -0.2) is 4.98 Å². The Hall–Kier alpha value is -3.17. The first-order valence-electron chi connectivity index (χ1n) is 12.1. The Morgan fingerprint density at radius 3 is 2.61 bits per heavy atom. The van der Waals surface area contributed by atoms with Gasteiger partial charge in [0.1, 0.15) is 5.75 Å². The number of ketones is 1. The third-order valence-electron chi connectivity index (χ3n) is 6.01. The maximum absolute atomic E-state index is 13.5. The van der Waals surface area contributed by atoms with Crippen molar-refractivity contribution >= 4 is 34.4 Å². The quantitative estimate of drug-likeness (QED) is 0.251. The number of benzene rings is 2. The Kier molecular flexibility index (Phi) is 8.43. The fraction of sp³-hybridized carbons (Fsp3) is 0.407. The normalized spacial score (nSPS) is 15.4. The molecule has 2 heterocycles. The van der Waals surface area contributed by atoms with E-state index in [-0.39, 0.29) is 29.1 Å². The van der Waals surface area contributed by atoms with Crippen LogP contribution in [0.4, 0.5) is 0 Å². The van der Waals surface area contributed by atoms with Gasteiger partial charge in [-0.1, -0.05) is 25.6 Å². The predicted octanol–water partition coefficient (Wildman–Crippen LogP) is 3.94. The smallest absolute Gasteiger partial charge is 0.262 e. The van der Waals surface area contributed by atoms with E-state index in [4.69, 9.17) is 14.5 Å². The van der Waals surface area contributed by atoms with Crippen LogP contribution in [-0.2, 0) is 11.3 Å². The first kappa shape index (κ1) is 25.9. The van der Waals surface area contributed by atoms with Crippen LogP contribution in [0.5, 0.6) is 5.75 Å². The lowest BCUT2D eigenvalue weighted by Crippen LogP contribution is -2.30. The Labute approximate surface area is 214 Å². The van der Waals surface area contributed by atoms with E-state index in [1.54, 1.807) is 54.1 Å². The molecule has 2 aromatic carbocycles. The SMILES string of the molecule is COc1ccc(C(=O)CSc2nc3cc(C(=O)NCC(C)C)ccc3c(=O)n2CC2CCCO2)cc1. The zero-order valence-electron chi connectivity index (χ0n) is 20.8. The number of nitrogens with zero attached hydrogens (tertiary/aromatic N) is 2. The van der Waals surface area contributed by atoms with Crippen molar-refractivity contribution in [2.45, 2.75) is 44.5 Å². The minimum Gasteiger partial charge on any atom is -0.497 e. The molecule has 1 fully saturated rings. The van der Waals surface area contributed by atoms with Crippen molar-refractivity contribution in [3.63, 3.8) is 0 Å². The van der Waals surface area contributed by atoms with Crippen LogP contribution >= 0.6 is 11.8 Å². The van der Waals surface area contributed by atoms with Gasteiger partial charge in [0.25, 0.3) is 11.5 Å². The molecule has 1 N–H and O–H groups in total. The highest BCUT2D eigenvalue weighted by atomic mass is 32.2. The van der Waals surface area contributed by atoms with Gasteiger partial charge in [0.2, 0.25) is 0 Å². The molecule has 1 saturated heterocycles. The molecule has 0 aliphatic carbocycles. The van der Waals surface area contributed by atoms with Gasteiger partial charge in [0.05, 0.1) is 36.4 Å². The van der Waals surface area contributed by atoms with Crippen molar-refractivity contribution < 1.29 is 19.1 Å². The molecule has 0 spiro atoms. The zero-order chi connectivity index (χ0) is 25.7. The van der Waals surface area contributed by atoms with Gasteiger partial charge in [-0.2, -0.15) is 0 Å². The van der Waals surface area contributed by atoms with Gasteiger partial charge in [-0.15, -0.1) is 0 Å². The van der Waals surface area contributed by atoms with E-state index < -0.39 is 0 Å². The second-order valence-corrected chi connectivity index (χ2v) is 10.2. The molecular weight excluding hydrogens is 478 g/mol. The molecule has 1 aliphatic rings. The first-order valence-corrected chi connectivity index (χ1v) is 13.1. The van der Waals surface area contributed by atoms with Gasteiger partial charge >= 0.3 is 0 Å². The number of thioether (sulfide) groups is 1. The van der Waals surface area contributed by atoms with Gasteiger partial charge in [-0.05, 0) is 61.2 Å². The lowest BCUT2D eigenvalue weighted by atomic mass is 10.1. The van der Waals surface area contributed by atoms with Crippen molar-refractivity contribution in [3.05, 3.63) is 63.9 Å². The van der Waals surface area contributed by atoms with Crippen LogP contribution in [0.1, 0.15) is 47.4 Å². The molecule has 9 heteroatoms. The average Bonchev–Trinajstić information content (AvgIpc) is 3.40. The summed E-state index contributed by atoms with van der Waals surface area (Å²) in [5.41, 5.74) is 1.22. The molecule has 3 aromatic rings. The Morgan fingerprint density at radius 2 is 1.94 bits per heavy atom. The lowest BCUT2D eigenvalue weighted by molar-refractivity contribution is 0.0937. The van der Waals surface area contributed by atoms with Gasteiger partial charge in [0.15, 0.2) is 10.9 Å². The zero-order valence-corrected chi connectivity index (χ0v) is 21.6. The minimum atomic E-state index is -0.208. The topological polar surface area (TPSA) is 99.5 Å². The second kappa shape index (κ2) is 11.7. The monoisotopic (exact) mass is 509 g/mol. The number of aromatic nitrogens is 2. The van der Waals surface area contributed by atoms with Crippen molar-refractivity contribution in [3.8, 4) is 5.75 Å². The number of amides is 1. The number of fused-ring (bicyclic) bond motifs is 1. The van der Waals surface area contributed by atoms with E-state index in [0.29, 0.717) is 58.6 Å². The minimum absolute atomic E-state index is 0.0697. The third kappa shape index (κ3) is 6.14. The largest absolute Gasteiger partial charge is 0.497 e. The van der Waals surface area contributed by atoms with Crippen molar-refractivity contribution in [1.29, 1.82) is 0 Å². The number of methoxy groups -OCH3 is 1. The van der Waals surface area contributed by atoms with E-state index in [1.807, 2.05) is 13.8 Å². The molecule has 0 saturated carbocycles. The van der Waals surface area contributed by atoms with Gasteiger partial charge in [0, 0.05) is 24.3 Å². The number of hydrogen-bond donors (Lipinski definition) is 1. The third-order valence-corrected chi connectivity index (χ3v) is 6.98.